The average Bonchev–Trinajstić information content (AvgIpc) is 2.53. The number of aromatic nitrogens is 1. The first kappa shape index (κ1) is 17.0. The Labute approximate surface area is 138 Å². The Morgan fingerprint density at radius 2 is 2.14 bits per heavy atom. The summed E-state index contributed by atoms with van der Waals surface area (Å²) in [5.41, 5.74) is 3.12. The molecule has 2 heterocycles. The molecule has 0 unspecified atom stereocenters. The van der Waals surface area contributed by atoms with Crippen LogP contribution in [-0.4, -0.2) is 72.4 Å². The lowest BCUT2D eigenvalue weighted by molar-refractivity contribution is 0.0341. The van der Waals surface area contributed by atoms with E-state index in [1.54, 1.807) is 0 Å². The second-order valence-electron chi connectivity index (χ2n) is 5.59. The molecule has 0 aromatic carbocycles. The maximum absolute atomic E-state index is 5.40. The summed E-state index contributed by atoms with van der Waals surface area (Å²) in [6, 6.07) is 4.11. The van der Waals surface area contributed by atoms with Crippen molar-refractivity contribution in [3.05, 3.63) is 29.6 Å². The van der Waals surface area contributed by atoms with E-state index >= 15 is 0 Å². The van der Waals surface area contributed by atoms with E-state index in [9.17, 15) is 0 Å². The molecule has 1 aliphatic rings. The first-order chi connectivity index (χ1) is 10.6. The number of aliphatic imine (C=N–C) groups is 1. The molecule has 0 saturated carbocycles. The minimum Gasteiger partial charge on any atom is -0.379 e. The summed E-state index contributed by atoms with van der Waals surface area (Å²) in [6.45, 7) is 6.96. The summed E-state index contributed by atoms with van der Waals surface area (Å²) in [5, 5.41) is 0. The van der Waals surface area contributed by atoms with Crippen molar-refractivity contribution in [1.29, 1.82) is 0 Å². The fraction of sp³-hybridized carbons (Fsp3) is 0.562. The summed E-state index contributed by atoms with van der Waals surface area (Å²) in [5.74, 6) is 0. The van der Waals surface area contributed by atoms with E-state index in [4.69, 9.17) is 17.0 Å². The third-order valence-corrected chi connectivity index (χ3v) is 4.18. The molecule has 5 nitrogen and oxygen atoms in total. The van der Waals surface area contributed by atoms with Gasteiger partial charge in [-0.15, -0.1) is 0 Å². The number of hydrogen-bond donors (Lipinski definition) is 0. The van der Waals surface area contributed by atoms with Gasteiger partial charge in [0.2, 0.25) is 0 Å². The molecular weight excluding hydrogens is 296 g/mol. The molecule has 1 aliphatic heterocycles. The number of morpholine rings is 1. The average molecular weight is 320 g/mol. The van der Waals surface area contributed by atoms with E-state index in [2.05, 4.69) is 20.9 Å². The molecule has 6 heteroatoms. The fourth-order valence-electron chi connectivity index (χ4n) is 2.29. The van der Waals surface area contributed by atoms with Crippen LogP contribution in [0.2, 0.25) is 0 Å². The van der Waals surface area contributed by atoms with Gasteiger partial charge in [0, 0.05) is 39.9 Å². The predicted octanol–water partition coefficient (Wildman–Crippen LogP) is 1.61. The highest BCUT2D eigenvalue weighted by atomic mass is 32.1. The van der Waals surface area contributed by atoms with Crippen molar-refractivity contribution < 1.29 is 4.74 Å². The first-order valence-corrected chi connectivity index (χ1v) is 7.94. The number of hydrogen-bond acceptors (Lipinski definition) is 5. The zero-order chi connectivity index (χ0) is 15.9. The van der Waals surface area contributed by atoms with Crippen LogP contribution in [0, 0.1) is 0 Å². The van der Waals surface area contributed by atoms with Gasteiger partial charge in [-0.05, 0) is 18.6 Å². The predicted molar refractivity (Wildman–Crippen MR) is 93.7 cm³/mol. The number of pyridine rings is 1. The van der Waals surface area contributed by atoms with Crippen LogP contribution < -0.4 is 0 Å². The molecule has 120 valence electrons. The van der Waals surface area contributed by atoms with Gasteiger partial charge in [-0.2, -0.15) is 0 Å². The van der Waals surface area contributed by atoms with Crippen molar-refractivity contribution in [1.82, 2.24) is 14.8 Å². The molecular formula is C16H24N4OS. The van der Waals surface area contributed by atoms with Crippen LogP contribution in [0.1, 0.15) is 18.2 Å². The van der Waals surface area contributed by atoms with Gasteiger partial charge in [-0.25, -0.2) is 0 Å². The molecule has 0 radical (unpaired) electrons. The second kappa shape index (κ2) is 8.31. The van der Waals surface area contributed by atoms with E-state index in [1.165, 1.54) is 5.56 Å². The molecule has 0 amide bonds. The van der Waals surface area contributed by atoms with Crippen LogP contribution in [0.25, 0.3) is 0 Å². The zero-order valence-electron chi connectivity index (χ0n) is 13.6. The smallest absolute Gasteiger partial charge is 0.0992 e. The van der Waals surface area contributed by atoms with Crippen LogP contribution >= 0.6 is 12.2 Å². The maximum atomic E-state index is 5.40. The molecule has 0 bridgehead atoms. The van der Waals surface area contributed by atoms with Crippen LogP contribution in [-0.2, 0) is 11.3 Å². The first-order valence-electron chi connectivity index (χ1n) is 7.53. The molecule has 1 saturated heterocycles. The maximum Gasteiger partial charge on any atom is 0.0992 e. The van der Waals surface area contributed by atoms with Crippen LogP contribution in [0.4, 0.5) is 0 Å². The van der Waals surface area contributed by atoms with Crippen molar-refractivity contribution in [2.45, 2.75) is 13.5 Å². The standard InChI is InChI=1S/C16H24N4OS/c1-13(18-11-15(22)19(2)3)16-14(5-4-6-17-16)12-20-7-9-21-10-8-20/h4-6H,7-12H2,1-3H3. The van der Waals surface area contributed by atoms with Gasteiger partial charge >= 0.3 is 0 Å². The number of nitrogens with zero attached hydrogens (tertiary/aromatic N) is 4. The van der Waals surface area contributed by atoms with E-state index < -0.39 is 0 Å². The van der Waals surface area contributed by atoms with Gasteiger partial charge in [0.25, 0.3) is 0 Å². The summed E-state index contributed by atoms with van der Waals surface area (Å²) < 4.78 is 5.40. The normalized spacial score (nSPS) is 16.6. The summed E-state index contributed by atoms with van der Waals surface area (Å²) in [4.78, 5) is 14.2. The lowest BCUT2D eigenvalue weighted by Crippen LogP contribution is -2.36. The number of likely N-dealkylation sites (N-methyl/N-ethyl adjacent to an activating group) is 1. The monoisotopic (exact) mass is 320 g/mol. The van der Waals surface area contributed by atoms with Crippen molar-refractivity contribution >= 4 is 22.9 Å². The third kappa shape index (κ3) is 4.83. The Kier molecular flexibility index (Phi) is 6.42. The van der Waals surface area contributed by atoms with Crippen LogP contribution in [0.3, 0.4) is 0 Å². The van der Waals surface area contributed by atoms with E-state index in [-0.39, 0.29) is 0 Å². The summed E-state index contributed by atoms with van der Waals surface area (Å²) in [7, 11) is 3.88. The van der Waals surface area contributed by atoms with E-state index in [1.807, 2.05) is 38.2 Å². The lowest BCUT2D eigenvalue weighted by atomic mass is 10.1. The van der Waals surface area contributed by atoms with Crippen LogP contribution in [0.15, 0.2) is 23.3 Å². The highest BCUT2D eigenvalue weighted by Gasteiger charge is 2.14. The van der Waals surface area contributed by atoms with Crippen molar-refractivity contribution in [2.75, 3.05) is 46.9 Å². The largest absolute Gasteiger partial charge is 0.379 e. The number of ether oxygens (including phenoxy) is 1. The Bertz CT molecular complexity index is 539. The molecule has 0 spiro atoms. The Hall–Kier alpha value is -1.37. The van der Waals surface area contributed by atoms with Gasteiger partial charge in [0.05, 0.1) is 36.2 Å². The minimum atomic E-state index is 0.529. The number of rotatable bonds is 5. The van der Waals surface area contributed by atoms with Crippen molar-refractivity contribution in [3.8, 4) is 0 Å². The molecule has 1 aromatic heterocycles. The lowest BCUT2D eigenvalue weighted by Gasteiger charge is -2.27. The third-order valence-electron chi connectivity index (χ3n) is 3.68. The summed E-state index contributed by atoms with van der Waals surface area (Å²) in [6.07, 6.45) is 1.82. The highest BCUT2D eigenvalue weighted by molar-refractivity contribution is 7.80. The quantitative estimate of drug-likeness (QED) is 0.609. The topological polar surface area (TPSA) is 41.0 Å². The van der Waals surface area contributed by atoms with Crippen molar-refractivity contribution in [3.63, 3.8) is 0 Å². The highest BCUT2D eigenvalue weighted by Crippen LogP contribution is 2.12. The van der Waals surface area contributed by atoms with Gasteiger partial charge < -0.3 is 9.64 Å². The SMILES string of the molecule is CC(=NCC(=S)N(C)C)c1ncccc1CN1CCOCC1. The molecule has 1 aromatic rings. The Morgan fingerprint density at radius 3 is 2.82 bits per heavy atom. The van der Waals surface area contributed by atoms with E-state index in [0.717, 1.165) is 49.2 Å². The molecule has 2 rings (SSSR count). The van der Waals surface area contributed by atoms with E-state index in [0.29, 0.717) is 6.54 Å². The van der Waals surface area contributed by atoms with Gasteiger partial charge in [0.1, 0.15) is 0 Å². The van der Waals surface area contributed by atoms with Gasteiger partial charge in [-0.1, -0.05) is 18.3 Å². The van der Waals surface area contributed by atoms with Gasteiger partial charge in [-0.3, -0.25) is 14.9 Å². The molecule has 22 heavy (non-hydrogen) atoms. The summed E-state index contributed by atoms with van der Waals surface area (Å²) >= 11 is 5.29. The second-order valence-corrected chi connectivity index (χ2v) is 6.06. The zero-order valence-corrected chi connectivity index (χ0v) is 14.4. The Morgan fingerprint density at radius 1 is 1.41 bits per heavy atom. The fourth-order valence-corrected chi connectivity index (χ4v) is 2.36. The molecule has 1 fully saturated rings. The van der Waals surface area contributed by atoms with Gasteiger partial charge in [0.15, 0.2) is 0 Å². The minimum absolute atomic E-state index is 0.529. The van der Waals surface area contributed by atoms with Crippen molar-refractivity contribution in [2.24, 2.45) is 4.99 Å². The molecule has 0 N–H and O–H groups in total. The molecule has 0 atom stereocenters. The molecule has 0 aliphatic carbocycles. The number of thiocarbonyl (C=S) groups is 1. The van der Waals surface area contributed by atoms with Crippen LogP contribution in [0.5, 0.6) is 0 Å². The Balaban J connectivity index is 2.09.